The summed E-state index contributed by atoms with van der Waals surface area (Å²) < 4.78 is 5.35. The second-order valence-corrected chi connectivity index (χ2v) is 4.81. The van der Waals surface area contributed by atoms with Crippen LogP contribution in [0.25, 0.3) is 0 Å². The maximum atomic E-state index is 6.36. The average molecular weight is 219 g/mol. The average Bonchev–Trinajstić information content (AvgIpc) is 2.39. The molecule has 0 aromatic rings. The highest BCUT2D eigenvalue weighted by molar-refractivity contribution is 6.20. The van der Waals surface area contributed by atoms with Crippen LogP contribution >= 0.6 is 11.6 Å². The molecule has 1 fully saturated rings. The molecule has 0 saturated heterocycles. The van der Waals surface area contributed by atoms with E-state index in [2.05, 4.69) is 6.92 Å². The van der Waals surface area contributed by atoms with E-state index >= 15 is 0 Å². The highest BCUT2D eigenvalue weighted by Crippen LogP contribution is 2.30. The number of hydrogen-bond donors (Lipinski definition) is 0. The largest absolute Gasteiger partial charge is 0.382 e. The van der Waals surface area contributed by atoms with Crippen LogP contribution in [0.4, 0.5) is 0 Å². The van der Waals surface area contributed by atoms with Crippen molar-refractivity contribution in [2.75, 3.05) is 13.2 Å². The first-order chi connectivity index (χ1) is 6.84. The Kier molecular flexibility index (Phi) is 6.63. The molecule has 0 aromatic heterocycles. The fourth-order valence-electron chi connectivity index (χ4n) is 2.26. The lowest BCUT2D eigenvalue weighted by molar-refractivity contribution is 0.138. The number of ether oxygens (including phenoxy) is 1. The van der Waals surface area contributed by atoms with Gasteiger partial charge in [0.1, 0.15) is 0 Å². The van der Waals surface area contributed by atoms with Gasteiger partial charge in [0.25, 0.3) is 0 Å². The van der Waals surface area contributed by atoms with Gasteiger partial charge in [-0.1, -0.05) is 19.3 Å². The van der Waals surface area contributed by atoms with E-state index < -0.39 is 0 Å². The van der Waals surface area contributed by atoms with Crippen molar-refractivity contribution >= 4 is 11.6 Å². The van der Waals surface area contributed by atoms with E-state index in [1.807, 2.05) is 0 Å². The standard InChI is InChI=1S/C12H23ClO/c1-2-14-10-6-8-11-7-4-3-5-9-12(11)13/h11-12H,2-10H2,1H3. The topological polar surface area (TPSA) is 9.23 Å². The molecule has 2 atom stereocenters. The van der Waals surface area contributed by atoms with Gasteiger partial charge in [-0.05, 0) is 38.5 Å². The van der Waals surface area contributed by atoms with E-state index in [0.29, 0.717) is 5.38 Å². The summed E-state index contributed by atoms with van der Waals surface area (Å²) in [5, 5.41) is 0.430. The van der Waals surface area contributed by atoms with Crippen LogP contribution in [0.15, 0.2) is 0 Å². The van der Waals surface area contributed by atoms with Crippen molar-refractivity contribution < 1.29 is 4.74 Å². The lowest BCUT2D eigenvalue weighted by Gasteiger charge is -2.19. The summed E-state index contributed by atoms with van der Waals surface area (Å²) in [7, 11) is 0. The molecule has 0 bridgehead atoms. The van der Waals surface area contributed by atoms with Gasteiger partial charge in [0, 0.05) is 18.6 Å². The Labute approximate surface area is 93.2 Å². The molecule has 1 nitrogen and oxygen atoms in total. The van der Waals surface area contributed by atoms with Crippen molar-refractivity contribution in [2.24, 2.45) is 5.92 Å². The smallest absolute Gasteiger partial charge is 0.0466 e. The lowest BCUT2D eigenvalue weighted by atomic mass is 9.95. The predicted molar refractivity (Wildman–Crippen MR) is 61.9 cm³/mol. The van der Waals surface area contributed by atoms with Gasteiger partial charge in [0.15, 0.2) is 0 Å². The molecule has 0 N–H and O–H groups in total. The molecule has 1 aliphatic carbocycles. The first kappa shape index (κ1) is 12.3. The highest BCUT2D eigenvalue weighted by atomic mass is 35.5. The number of hydrogen-bond acceptors (Lipinski definition) is 1. The van der Waals surface area contributed by atoms with Gasteiger partial charge in [-0.2, -0.15) is 0 Å². The summed E-state index contributed by atoms with van der Waals surface area (Å²) in [6.45, 7) is 3.81. The Morgan fingerprint density at radius 3 is 2.79 bits per heavy atom. The van der Waals surface area contributed by atoms with Crippen LogP contribution in [0, 0.1) is 5.92 Å². The van der Waals surface area contributed by atoms with Crippen molar-refractivity contribution in [3.05, 3.63) is 0 Å². The van der Waals surface area contributed by atoms with Crippen LogP contribution in [-0.4, -0.2) is 18.6 Å². The maximum absolute atomic E-state index is 6.36. The van der Waals surface area contributed by atoms with E-state index in [1.54, 1.807) is 0 Å². The number of halogens is 1. The lowest BCUT2D eigenvalue weighted by Crippen LogP contribution is -2.14. The Hall–Kier alpha value is 0.250. The molecule has 14 heavy (non-hydrogen) atoms. The maximum Gasteiger partial charge on any atom is 0.0466 e. The zero-order chi connectivity index (χ0) is 10.2. The Morgan fingerprint density at radius 2 is 2.00 bits per heavy atom. The van der Waals surface area contributed by atoms with Crippen LogP contribution in [0.5, 0.6) is 0 Å². The van der Waals surface area contributed by atoms with Crippen LogP contribution in [0.1, 0.15) is 51.9 Å². The summed E-state index contributed by atoms with van der Waals surface area (Å²) in [4.78, 5) is 0. The monoisotopic (exact) mass is 218 g/mol. The fraction of sp³-hybridized carbons (Fsp3) is 1.00. The molecule has 2 unspecified atom stereocenters. The molecule has 1 aliphatic rings. The Bertz CT molecular complexity index is 138. The normalized spacial score (nSPS) is 28.7. The zero-order valence-electron chi connectivity index (χ0n) is 9.30. The van der Waals surface area contributed by atoms with Gasteiger partial charge in [0.2, 0.25) is 0 Å². The quantitative estimate of drug-likeness (QED) is 0.385. The molecule has 2 heteroatoms. The summed E-state index contributed by atoms with van der Waals surface area (Å²) in [6.07, 6.45) is 9.08. The van der Waals surface area contributed by atoms with Crippen LogP contribution in [0.2, 0.25) is 0 Å². The van der Waals surface area contributed by atoms with Crippen molar-refractivity contribution in [3.63, 3.8) is 0 Å². The molecule has 0 spiro atoms. The van der Waals surface area contributed by atoms with Gasteiger partial charge in [-0.25, -0.2) is 0 Å². The summed E-state index contributed by atoms with van der Waals surface area (Å²) in [6, 6.07) is 0. The molecule has 0 aromatic carbocycles. The minimum atomic E-state index is 0.430. The molecule has 1 saturated carbocycles. The molecule has 1 rings (SSSR count). The van der Waals surface area contributed by atoms with Gasteiger partial charge in [-0.15, -0.1) is 11.6 Å². The molecule has 84 valence electrons. The molecular formula is C12H23ClO. The van der Waals surface area contributed by atoms with Gasteiger partial charge < -0.3 is 4.74 Å². The molecule has 0 heterocycles. The van der Waals surface area contributed by atoms with E-state index in [9.17, 15) is 0 Å². The molecule has 0 amide bonds. The fourth-order valence-corrected chi connectivity index (χ4v) is 2.66. The van der Waals surface area contributed by atoms with Crippen LogP contribution < -0.4 is 0 Å². The number of alkyl halides is 1. The van der Waals surface area contributed by atoms with E-state index in [0.717, 1.165) is 19.1 Å². The van der Waals surface area contributed by atoms with E-state index in [-0.39, 0.29) is 0 Å². The van der Waals surface area contributed by atoms with Crippen molar-refractivity contribution in [3.8, 4) is 0 Å². The Balaban J connectivity index is 2.13. The highest BCUT2D eigenvalue weighted by Gasteiger charge is 2.20. The van der Waals surface area contributed by atoms with Crippen LogP contribution in [-0.2, 0) is 4.74 Å². The molecular weight excluding hydrogens is 196 g/mol. The van der Waals surface area contributed by atoms with Gasteiger partial charge in [0.05, 0.1) is 0 Å². The van der Waals surface area contributed by atoms with Crippen LogP contribution in [0.3, 0.4) is 0 Å². The molecule has 0 aliphatic heterocycles. The van der Waals surface area contributed by atoms with Gasteiger partial charge in [-0.3, -0.25) is 0 Å². The predicted octanol–water partition coefficient (Wildman–Crippen LogP) is 3.99. The zero-order valence-corrected chi connectivity index (χ0v) is 10.1. The number of rotatable bonds is 5. The Morgan fingerprint density at radius 1 is 1.21 bits per heavy atom. The van der Waals surface area contributed by atoms with Crippen molar-refractivity contribution in [1.29, 1.82) is 0 Å². The summed E-state index contributed by atoms with van der Waals surface area (Å²) in [5.41, 5.74) is 0. The van der Waals surface area contributed by atoms with E-state index in [4.69, 9.17) is 16.3 Å². The third kappa shape index (κ3) is 4.65. The minimum Gasteiger partial charge on any atom is -0.382 e. The molecule has 0 radical (unpaired) electrons. The minimum absolute atomic E-state index is 0.430. The third-order valence-electron chi connectivity index (χ3n) is 3.13. The second-order valence-electron chi connectivity index (χ2n) is 4.25. The first-order valence-electron chi connectivity index (χ1n) is 6.06. The second kappa shape index (κ2) is 7.53. The van der Waals surface area contributed by atoms with Crippen molar-refractivity contribution in [1.82, 2.24) is 0 Å². The third-order valence-corrected chi connectivity index (χ3v) is 3.71. The SMILES string of the molecule is CCOCCCC1CCCCCC1Cl. The van der Waals surface area contributed by atoms with Gasteiger partial charge >= 0.3 is 0 Å². The first-order valence-corrected chi connectivity index (χ1v) is 6.50. The van der Waals surface area contributed by atoms with E-state index in [1.165, 1.54) is 44.9 Å². The summed E-state index contributed by atoms with van der Waals surface area (Å²) in [5.74, 6) is 0.750. The summed E-state index contributed by atoms with van der Waals surface area (Å²) >= 11 is 6.36. The van der Waals surface area contributed by atoms with Crippen molar-refractivity contribution in [2.45, 2.75) is 57.2 Å².